The fraction of sp³-hybridized carbons (Fsp3) is 0.190. The van der Waals surface area contributed by atoms with Crippen LogP contribution in [-0.2, 0) is 4.79 Å². The molecule has 1 heterocycles. The number of carbonyl (C=O) groups excluding carboxylic acids is 2. The van der Waals surface area contributed by atoms with Gasteiger partial charge in [0, 0.05) is 12.1 Å². The molecule has 3 aromatic rings. The van der Waals surface area contributed by atoms with Gasteiger partial charge in [0.2, 0.25) is 5.91 Å². The van der Waals surface area contributed by atoms with Gasteiger partial charge in [-0.1, -0.05) is 54.2 Å². The number of ether oxygens (including phenoxy) is 1. The van der Waals surface area contributed by atoms with E-state index in [0.717, 1.165) is 16.9 Å². The first-order valence-electron chi connectivity index (χ1n) is 9.11. The van der Waals surface area contributed by atoms with Crippen LogP contribution in [0, 0.1) is 0 Å². The number of amides is 3. The van der Waals surface area contributed by atoms with Crippen molar-refractivity contribution in [3.8, 4) is 22.7 Å². The molecule has 0 fully saturated rings. The summed E-state index contributed by atoms with van der Waals surface area (Å²) >= 11 is 1.25. The molecule has 1 aromatic heterocycles. The number of hydrogen-bond donors (Lipinski definition) is 2. The van der Waals surface area contributed by atoms with Crippen molar-refractivity contribution in [2.45, 2.75) is 12.1 Å². The lowest BCUT2D eigenvalue weighted by molar-refractivity contribution is -0.117. The van der Waals surface area contributed by atoms with Crippen LogP contribution < -0.4 is 15.4 Å². The molecule has 0 bridgehead atoms. The van der Waals surface area contributed by atoms with Crippen molar-refractivity contribution >= 4 is 23.7 Å². The zero-order chi connectivity index (χ0) is 20.6. The minimum absolute atomic E-state index is 0.0531. The van der Waals surface area contributed by atoms with Gasteiger partial charge in [-0.15, -0.1) is 0 Å². The second kappa shape index (κ2) is 9.79. The molecular formula is C21H22N4O3S. The van der Waals surface area contributed by atoms with Crippen molar-refractivity contribution < 1.29 is 14.3 Å². The summed E-state index contributed by atoms with van der Waals surface area (Å²) in [6, 6.07) is 17.0. The number of methoxy groups -OCH3 is 1. The minimum atomic E-state index is -0.504. The number of thioether (sulfide) groups is 1. The Morgan fingerprint density at radius 1 is 1.10 bits per heavy atom. The van der Waals surface area contributed by atoms with E-state index in [2.05, 4.69) is 15.6 Å². The molecule has 0 saturated heterocycles. The molecule has 7 nitrogen and oxygen atoms in total. The maximum atomic E-state index is 12.1. The van der Waals surface area contributed by atoms with Gasteiger partial charge in [-0.2, -0.15) is 0 Å². The third-order valence-electron chi connectivity index (χ3n) is 4.05. The SMILES string of the molecule is CCNC(=O)NC(=O)CSc1ncc(-c2ccccc2)n1-c1ccccc1OC. The number of aromatic nitrogens is 2. The first-order valence-corrected chi connectivity index (χ1v) is 10.1. The van der Waals surface area contributed by atoms with Crippen LogP contribution in [0.3, 0.4) is 0 Å². The quantitative estimate of drug-likeness (QED) is 0.583. The molecule has 0 aliphatic carbocycles. The number of nitrogens with zero attached hydrogens (tertiary/aromatic N) is 2. The first kappa shape index (κ1) is 20.5. The van der Waals surface area contributed by atoms with E-state index in [1.165, 1.54) is 11.8 Å². The van der Waals surface area contributed by atoms with E-state index < -0.39 is 11.9 Å². The Balaban J connectivity index is 1.93. The Morgan fingerprint density at radius 3 is 2.55 bits per heavy atom. The molecule has 0 atom stereocenters. The fourth-order valence-corrected chi connectivity index (χ4v) is 3.58. The van der Waals surface area contributed by atoms with E-state index in [4.69, 9.17) is 4.74 Å². The fourth-order valence-electron chi connectivity index (χ4n) is 2.79. The number of imide groups is 1. The van der Waals surface area contributed by atoms with Crippen LogP contribution in [0.4, 0.5) is 4.79 Å². The Bertz CT molecular complexity index is 989. The minimum Gasteiger partial charge on any atom is -0.495 e. The third kappa shape index (κ3) is 4.97. The van der Waals surface area contributed by atoms with Gasteiger partial charge in [0.1, 0.15) is 5.75 Å². The summed E-state index contributed by atoms with van der Waals surface area (Å²) in [5, 5.41) is 5.46. The molecule has 0 aliphatic rings. The van der Waals surface area contributed by atoms with E-state index in [1.54, 1.807) is 20.2 Å². The summed E-state index contributed by atoms with van der Waals surface area (Å²) in [4.78, 5) is 28.2. The van der Waals surface area contributed by atoms with Crippen LogP contribution in [0.5, 0.6) is 5.75 Å². The summed E-state index contributed by atoms with van der Waals surface area (Å²) in [5.41, 5.74) is 2.68. The average molecular weight is 410 g/mol. The van der Waals surface area contributed by atoms with E-state index >= 15 is 0 Å². The van der Waals surface area contributed by atoms with Gasteiger partial charge in [-0.25, -0.2) is 9.78 Å². The average Bonchev–Trinajstić information content (AvgIpc) is 3.16. The van der Waals surface area contributed by atoms with E-state index in [1.807, 2.05) is 59.2 Å². The van der Waals surface area contributed by atoms with Crippen molar-refractivity contribution in [2.75, 3.05) is 19.4 Å². The highest BCUT2D eigenvalue weighted by atomic mass is 32.2. The monoisotopic (exact) mass is 410 g/mol. The van der Waals surface area contributed by atoms with Crippen LogP contribution in [0.2, 0.25) is 0 Å². The maximum absolute atomic E-state index is 12.1. The molecule has 150 valence electrons. The molecule has 0 radical (unpaired) electrons. The van der Waals surface area contributed by atoms with Gasteiger partial charge in [0.15, 0.2) is 5.16 Å². The van der Waals surface area contributed by atoms with Crippen molar-refractivity contribution in [3.63, 3.8) is 0 Å². The van der Waals surface area contributed by atoms with Gasteiger partial charge < -0.3 is 10.1 Å². The molecule has 3 rings (SSSR count). The number of imidazole rings is 1. The lowest BCUT2D eigenvalue weighted by Gasteiger charge is -2.15. The smallest absolute Gasteiger partial charge is 0.321 e. The summed E-state index contributed by atoms with van der Waals surface area (Å²) in [6.07, 6.45) is 1.77. The van der Waals surface area contributed by atoms with Gasteiger partial charge in [-0.05, 0) is 19.1 Å². The Kier molecular flexibility index (Phi) is 6.91. The molecule has 3 amide bonds. The van der Waals surface area contributed by atoms with E-state index in [-0.39, 0.29) is 5.75 Å². The molecule has 2 N–H and O–H groups in total. The predicted octanol–water partition coefficient (Wildman–Crippen LogP) is 3.49. The third-order valence-corrected chi connectivity index (χ3v) is 5.00. The molecular weight excluding hydrogens is 388 g/mol. The Labute approximate surface area is 173 Å². The van der Waals surface area contributed by atoms with Crippen molar-refractivity contribution in [1.29, 1.82) is 0 Å². The lowest BCUT2D eigenvalue weighted by Crippen LogP contribution is -2.40. The second-order valence-electron chi connectivity index (χ2n) is 6.00. The number of carbonyl (C=O) groups is 2. The van der Waals surface area contributed by atoms with Crippen molar-refractivity contribution in [1.82, 2.24) is 20.2 Å². The van der Waals surface area contributed by atoms with Gasteiger partial charge in [0.25, 0.3) is 0 Å². The first-order chi connectivity index (χ1) is 14.1. The highest BCUT2D eigenvalue weighted by Gasteiger charge is 2.18. The maximum Gasteiger partial charge on any atom is 0.321 e. The summed E-state index contributed by atoms with van der Waals surface area (Å²) in [5.74, 6) is 0.352. The number of rotatable bonds is 7. The second-order valence-corrected chi connectivity index (χ2v) is 6.94. The predicted molar refractivity (Wildman–Crippen MR) is 113 cm³/mol. The molecule has 29 heavy (non-hydrogen) atoms. The molecule has 0 saturated carbocycles. The molecule has 8 heteroatoms. The highest BCUT2D eigenvalue weighted by Crippen LogP contribution is 2.33. The normalized spacial score (nSPS) is 10.4. The lowest BCUT2D eigenvalue weighted by atomic mass is 10.1. The van der Waals surface area contributed by atoms with Crippen LogP contribution in [0.15, 0.2) is 66.0 Å². The number of urea groups is 1. The standard InChI is InChI=1S/C21H22N4O3S/c1-3-22-20(27)24-19(26)14-29-21-23-13-17(15-9-5-4-6-10-15)25(21)16-11-7-8-12-18(16)28-2/h4-13H,3,14H2,1-2H3,(H2,22,24,26,27). The zero-order valence-electron chi connectivity index (χ0n) is 16.2. The zero-order valence-corrected chi connectivity index (χ0v) is 17.0. The van der Waals surface area contributed by atoms with Crippen molar-refractivity contribution in [2.24, 2.45) is 0 Å². The topological polar surface area (TPSA) is 85.3 Å². The summed E-state index contributed by atoms with van der Waals surface area (Å²) < 4.78 is 7.49. The van der Waals surface area contributed by atoms with Gasteiger partial charge in [0.05, 0.1) is 30.4 Å². The largest absolute Gasteiger partial charge is 0.495 e. The van der Waals surface area contributed by atoms with E-state index in [0.29, 0.717) is 17.5 Å². The molecule has 0 aliphatic heterocycles. The summed E-state index contributed by atoms with van der Waals surface area (Å²) in [6.45, 7) is 2.23. The molecule has 0 spiro atoms. The van der Waals surface area contributed by atoms with Crippen molar-refractivity contribution in [3.05, 3.63) is 60.8 Å². The number of nitrogens with one attached hydrogen (secondary N) is 2. The number of para-hydroxylation sites is 2. The van der Waals surface area contributed by atoms with E-state index in [9.17, 15) is 9.59 Å². The van der Waals surface area contributed by atoms with Crippen LogP contribution in [0.1, 0.15) is 6.92 Å². The highest BCUT2D eigenvalue weighted by molar-refractivity contribution is 7.99. The number of benzene rings is 2. The van der Waals surface area contributed by atoms with Gasteiger partial charge >= 0.3 is 6.03 Å². The molecule has 0 unspecified atom stereocenters. The van der Waals surface area contributed by atoms with Crippen LogP contribution in [-0.4, -0.2) is 40.9 Å². The van der Waals surface area contributed by atoms with Crippen LogP contribution in [0.25, 0.3) is 16.9 Å². The number of hydrogen-bond acceptors (Lipinski definition) is 5. The Morgan fingerprint density at radius 2 is 1.83 bits per heavy atom. The Hall–Kier alpha value is -3.26. The summed E-state index contributed by atoms with van der Waals surface area (Å²) in [7, 11) is 1.62. The molecule has 2 aromatic carbocycles. The van der Waals surface area contributed by atoms with Crippen LogP contribution >= 0.6 is 11.8 Å². The van der Waals surface area contributed by atoms with Gasteiger partial charge in [-0.3, -0.25) is 14.7 Å².